The Morgan fingerprint density at radius 2 is 1.79 bits per heavy atom. The lowest BCUT2D eigenvalue weighted by Crippen LogP contribution is -2.31. The van der Waals surface area contributed by atoms with Gasteiger partial charge in [0.25, 0.3) is 0 Å². The van der Waals surface area contributed by atoms with Gasteiger partial charge in [0.2, 0.25) is 15.0 Å². The molecule has 7 nitrogen and oxygen atoms in total. The van der Waals surface area contributed by atoms with Crippen LogP contribution in [-0.4, -0.2) is 35.1 Å². The maximum atomic E-state index is 13.0. The molecule has 0 bridgehead atoms. The monoisotopic (exact) mass is 470 g/mol. The SMILES string of the molecule is CCCC1(CCC)OC(=O)C(C(c2cccc(CS(=O)(=O)c3ncccn3)c2)C2CC2)=C1O. The topological polar surface area (TPSA) is 106 Å². The Kier molecular flexibility index (Phi) is 6.56. The molecule has 2 aliphatic rings. The smallest absolute Gasteiger partial charge is 0.339 e. The molecule has 1 fully saturated rings. The lowest BCUT2D eigenvalue weighted by Gasteiger charge is -2.27. The standard InChI is InChI=1S/C25H30N2O5S/c1-3-11-25(12-4-2)22(28)21(23(29)32-25)20(18-9-10-18)19-8-5-7-17(15-19)16-33(30,31)24-26-13-6-14-27-24/h5-8,13-15,18,20,28H,3-4,9-12,16H2,1-2H3. The predicted octanol–water partition coefficient (Wildman–Crippen LogP) is 4.65. The molecule has 176 valence electrons. The van der Waals surface area contributed by atoms with Crippen molar-refractivity contribution in [2.75, 3.05) is 0 Å². The molecule has 0 amide bonds. The second kappa shape index (κ2) is 9.25. The number of benzene rings is 1. The van der Waals surface area contributed by atoms with Crippen LogP contribution in [0.5, 0.6) is 0 Å². The fraction of sp³-hybridized carbons (Fsp3) is 0.480. The molecule has 1 aliphatic carbocycles. The second-order valence-electron chi connectivity index (χ2n) is 9.00. The van der Waals surface area contributed by atoms with E-state index in [9.17, 15) is 18.3 Å². The minimum Gasteiger partial charge on any atom is -0.507 e. The lowest BCUT2D eigenvalue weighted by molar-refractivity contribution is -0.149. The van der Waals surface area contributed by atoms with Gasteiger partial charge < -0.3 is 9.84 Å². The Balaban J connectivity index is 1.70. The average molecular weight is 471 g/mol. The van der Waals surface area contributed by atoms with Crippen LogP contribution < -0.4 is 0 Å². The summed E-state index contributed by atoms with van der Waals surface area (Å²) in [4.78, 5) is 20.8. The van der Waals surface area contributed by atoms with Gasteiger partial charge in [0, 0.05) is 18.3 Å². The molecule has 1 aromatic heterocycles. The van der Waals surface area contributed by atoms with E-state index in [0.717, 1.165) is 31.2 Å². The molecule has 1 N–H and O–H groups in total. The Morgan fingerprint density at radius 1 is 1.12 bits per heavy atom. The number of hydrogen-bond acceptors (Lipinski definition) is 7. The number of carbonyl (C=O) groups is 1. The van der Waals surface area contributed by atoms with Crippen LogP contribution in [-0.2, 0) is 25.1 Å². The quantitative estimate of drug-likeness (QED) is 0.398. The fourth-order valence-corrected chi connectivity index (χ4v) is 6.07. The molecule has 0 spiro atoms. The first-order valence-electron chi connectivity index (χ1n) is 11.6. The van der Waals surface area contributed by atoms with Crippen molar-refractivity contribution in [3.8, 4) is 0 Å². The van der Waals surface area contributed by atoms with E-state index in [-0.39, 0.29) is 28.5 Å². The van der Waals surface area contributed by atoms with E-state index in [1.54, 1.807) is 18.2 Å². The third kappa shape index (κ3) is 4.67. The molecule has 2 heterocycles. The number of aliphatic hydroxyl groups excluding tert-OH is 1. The summed E-state index contributed by atoms with van der Waals surface area (Å²) in [6.45, 7) is 4.02. The molecule has 1 saturated carbocycles. The zero-order valence-corrected chi connectivity index (χ0v) is 19.8. The minimum atomic E-state index is -3.71. The number of ether oxygens (including phenoxy) is 1. The minimum absolute atomic E-state index is 0.0591. The highest BCUT2D eigenvalue weighted by Crippen LogP contribution is 2.52. The molecule has 1 aliphatic heterocycles. The molecule has 2 aromatic rings. The number of cyclic esters (lactones) is 1. The van der Waals surface area contributed by atoms with Crippen LogP contribution in [0.2, 0.25) is 0 Å². The molecular formula is C25H30N2O5S. The molecule has 33 heavy (non-hydrogen) atoms. The van der Waals surface area contributed by atoms with Crippen molar-refractivity contribution in [3.63, 3.8) is 0 Å². The van der Waals surface area contributed by atoms with Gasteiger partial charge in [0.1, 0.15) is 5.76 Å². The number of carbonyl (C=O) groups excluding carboxylic acids is 1. The second-order valence-corrected chi connectivity index (χ2v) is 10.9. The van der Waals surface area contributed by atoms with E-state index >= 15 is 0 Å². The van der Waals surface area contributed by atoms with Crippen LogP contribution >= 0.6 is 0 Å². The maximum absolute atomic E-state index is 13.0. The Morgan fingerprint density at radius 3 is 2.39 bits per heavy atom. The van der Waals surface area contributed by atoms with E-state index in [0.29, 0.717) is 24.0 Å². The van der Waals surface area contributed by atoms with Crippen LogP contribution in [0.1, 0.15) is 69.4 Å². The van der Waals surface area contributed by atoms with E-state index < -0.39 is 21.4 Å². The number of rotatable bonds is 10. The molecule has 0 radical (unpaired) electrons. The van der Waals surface area contributed by atoms with Crippen molar-refractivity contribution in [3.05, 3.63) is 65.2 Å². The van der Waals surface area contributed by atoms with Crippen LogP contribution in [0.15, 0.2) is 59.2 Å². The summed E-state index contributed by atoms with van der Waals surface area (Å²) < 4.78 is 31.4. The average Bonchev–Trinajstić information content (AvgIpc) is 3.59. The Bertz CT molecular complexity index is 1150. The highest BCUT2D eigenvalue weighted by molar-refractivity contribution is 7.90. The number of nitrogens with zero attached hydrogens (tertiary/aromatic N) is 2. The normalized spacial score (nSPS) is 18.9. The maximum Gasteiger partial charge on any atom is 0.339 e. The molecule has 4 rings (SSSR count). The molecule has 8 heteroatoms. The zero-order valence-electron chi connectivity index (χ0n) is 19.0. The third-order valence-electron chi connectivity index (χ3n) is 6.39. The van der Waals surface area contributed by atoms with Crippen LogP contribution in [0.4, 0.5) is 0 Å². The largest absolute Gasteiger partial charge is 0.507 e. The van der Waals surface area contributed by atoms with Crippen molar-refractivity contribution in [1.82, 2.24) is 9.97 Å². The van der Waals surface area contributed by atoms with Crippen LogP contribution in [0.25, 0.3) is 0 Å². The Labute approximate surface area is 194 Å². The fourth-order valence-electron chi connectivity index (χ4n) is 4.88. The van der Waals surface area contributed by atoms with Gasteiger partial charge in [-0.05, 0) is 48.8 Å². The summed E-state index contributed by atoms with van der Waals surface area (Å²) in [5.41, 5.74) is 0.798. The Hall–Kier alpha value is -2.74. The van der Waals surface area contributed by atoms with Gasteiger partial charge >= 0.3 is 5.97 Å². The van der Waals surface area contributed by atoms with Crippen molar-refractivity contribution in [2.45, 2.75) is 74.8 Å². The zero-order chi connectivity index (χ0) is 23.6. The number of esters is 1. The van der Waals surface area contributed by atoms with E-state index in [4.69, 9.17) is 4.74 Å². The highest BCUT2D eigenvalue weighted by atomic mass is 32.2. The number of sulfone groups is 1. The molecule has 0 saturated heterocycles. The summed E-state index contributed by atoms with van der Waals surface area (Å²) in [6.07, 6.45) is 7.43. The summed E-state index contributed by atoms with van der Waals surface area (Å²) >= 11 is 0. The molecule has 1 unspecified atom stereocenters. The van der Waals surface area contributed by atoms with Crippen molar-refractivity contribution in [2.24, 2.45) is 5.92 Å². The van der Waals surface area contributed by atoms with E-state index in [1.165, 1.54) is 12.4 Å². The highest BCUT2D eigenvalue weighted by Gasteiger charge is 2.51. The van der Waals surface area contributed by atoms with Gasteiger partial charge in [-0.25, -0.2) is 23.2 Å². The molecular weight excluding hydrogens is 440 g/mol. The predicted molar refractivity (Wildman–Crippen MR) is 123 cm³/mol. The third-order valence-corrected chi connectivity index (χ3v) is 7.87. The summed E-state index contributed by atoms with van der Waals surface area (Å²) in [7, 11) is -3.71. The van der Waals surface area contributed by atoms with E-state index in [1.807, 2.05) is 26.0 Å². The first-order valence-corrected chi connectivity index (χ1v) is 13.2. The van der Waals surface area contributed by atoms with Gasteiger partial charge in [-0.2, -0.15) is 0 Å². The van der Waals surface area contributed by atoms with Crippen molar-refractivity contribution in [1.29, 1.82) is 0 Å². The van der Waals surface area contributed by atoms with Gasteiger partial charge in [-0.15, -0.1) is 0 Å². The van der Waals surface area contributed by atoms with Gasteiger partial charge in [-0.1, -0.05) is 51.0 Å². The first-order chi connectivity index (χ1) is 15.8. The van der Waals surface area contributed by atoms with E-state index in [2.05, 4.69) is 9.97 Å². The summed E-state index contributed by atoms with van der Waals surface area (Å²) in [5.74, 6) is -0.736. The number of aromatic nitrogens is 2. The summed E-state index contributed by atoms with van der Waals surface area (Å²) in [6, 6.07) is 8.82. The van der Waals surface area contributed by atoms with Crippen LogP contribution in [0.3, 0.4) is 0 Å². The van der Waals surface area contributed by atoms with Gasteiger partial charge in [0.15, 0.2) is 5.60 Å². The van der Waals surface area contributed by atoms with Crippen LogP contribution in [0, 0.1) is 5.92 Å². The summed E-state index contributed by atoms with van der Waals surface area (Å²) in [5, 5.41) is 11.1. The lowest BCUT2D eigenvalue weighted by atomic mass is 9.82. The van der Waals surface area contributed by atoms with Crippen molar-refractivity contribution < 1.29 is 23.1 Å². The molecule has 1 aromatic carbocycles. The first kappa shape index (κ1) is 23.4. The number of aliphatic hydroxyl groups is 1. The van der Waals surface area contributed by atoms with Crippen molar-refractivity contribution >= 4 is 15.8 Å². The number of hydrogen-bond donors (Lipinski definition) is 1. The molecule has 1 atom stereocenters. The van der Waals surface area contributed by atoms with Gasteiger partial charge in [0.05, 0.1) is 11.3 Å². The van der Waals surface area contributed by atoms with Gasteiger partial charge in [-0.3, -0.25) is 0 Å².